The van der Waals surface area contributed by atoms with Crippen molar-refractivity contribution in [1.29, 1.82) is 0 Å². The Labute approximate surface area is 105 Å². The van der Waals surface area contributed by atoms with E-state index in [0.717, 1.165) is 13.1 Å². The largest absolute Gasteiger partial charge is 0.378 e. The molecular formula is C11H17N5O2. The van der Waals surface area contributed by atoms with Gasteiger partial charge >= 0.3 is 0 Å². The van der Waals surface area contributed by atoms with E-state index < -0.39 is 11.9 Å². The van der Waals surface area contributed by atoms with E-state index in [1.54, 1.807) is 19.2 Å². The van der Waals surface area contributed by atoms with Gasteiger partial charge in [0.2, 0.25) is 11.9 Å². The summed E-state index contributed by atoms with van der Waals surface area (Å²) in [7, 11) is 0. The maximum Gasteiger partial charge on any atom is 0.239 e. The van der Waals surface area contributed by atoms with E-state index in [1.165, 1.54) is 0 Å². The fraction of sp³-hybridized carbons (Fsp3) is 0.545. The van der Waals surface area contributed by atoms with Crippen molar-refractivity contribution in [3.05, 3.63) is 12.3 Å². The van der Waals surface area contributed by atoms with E-state index in [1.807, 2.05) is 4.90 Å². The number of nitrogens with two attached hydrogens (primary N) is 1. The Morgan fingerprint density at radius 1 is 1.56 bits per heavy atom. The Morgan fingerprint density at radius 3 is 2.94 bits per heavy atom. The third kappa shape index (κ3) is 3.07. The van der Waals surface area contributed by atoms with Gasteiger partial charge in [-0.15, -0.1) is 0 Å². The number of carbonyl (C=O) groups is 1. The molecule has 2 heterocycles. The number of primary amides is 1. The highest BCUT2D eigenvalue weighted by Gasteiger charge is 2.15. The second-order valence-corrected chi connectivity index (χ2v) is 4.11. The van der Waals surface area contributed by atoms with Crippen molar-refractivity contribution in [2.45, 2.75) is 13.0 Å². The standard InChI is InChI=1S/C11H17N5O2/c1-8(10(12)17)14-9-2-3-13-11(15-9)16-4-6-18-7-5-16/h2-3,8H,4-7H2,1H3,(H2,12,17)(H,13,14,15)/t8-/m0/s1. The molecule has 3 N–H and O–H groups in total. The number of rotatable bonds is 4. The SMILES string of the molecule is C[C@H](Nc1ccnc(N2CCOCC2)n1)C(N)=O. The average Bonchev–Trinajstić information content (AvgIpc) is 2.40. The molecule has 1 saturated heterocycles. The Morgan fingerprint density at radius 2 is 2.28 bits per heavy atom. The number of hydrogen-bond acceptors (Lipinski definition) is 6. The fourth-order valence-corrected chi connectivity index (χ4v) is 1.64. The number of ether oxygens (including phenoxy) is 1. The molecule has 0 spiro atoms. The molecule has 1 atom stereocenters. The first-order valence-corrected chi connectivity index (χ1v) is 5.88. The quantitative estimate of drug-likeness (QED) is 0.756. The lowest BCUT2D eigenvalue weighted by atomic mass is 10.3. The van der Waals surface area contributed by atoms with Crippen LogP contribution in [0.25, 0.3) is 0 Å². The summed E-state index contributed by atoms with van der Waals surface area (Å²) in [6.45, 7) is 4.60. The summed E-state index contributed by atoms with van der Waals surface area (Å²) < 4.78 is 5.27. The molecule has 1 fully saturated rings. The van der Waals surface area contributed by atoms with Crippen LogP contribution in [0.5, 0.6) is 0 Å². The maximum absolute atomic E-state index is 11.0. The Hall–Kier alpha value is -1.89. The highest BCUT2D eigenvalue weighted by Crippen LogP contribution is 2.12. The zero-order valence-corrected chi connectivity index (χ0v) is 10.3. The molecule has 0 radical (unpaired) electrons. The number of nitrogens with one attached hydrogen (secondary N) is 1. The summed E-state index contributed by atoms with van der Waals surface area (Å²) in [5, 5.41) is 2.94. The molecule has 1 aliphatic rings. The third-order valence-electron chi connectivity index (χ3n) is 2.73. The molecule has 2 rings (SSSR count). The van der Waals surface area contributed by atoms with E-state index in [0.29, 0.717) is 25.0 Å². The first-order valence-electron chi connectivity index (χ1n) is 5.88. The van der Waals surface area contributed by atoms with E-state index in [4.69, 9.17) is 10.5 Å². The van der Waals surface area contributed by atoms with E-state index in [9.17, 15) is 4.79 Å². The third-order valence-corrected chi connectivity index (χ3v) is 2.73. The summed E-state index contributed by atoms with van der Waals surface area (Å²) in [5.74, 6) is 0.819. The van der Waals surface area contributed by atoms with Crippen LogP contribution in [-0.2, 0) is 9.53 Å². The van der Waals surface area contributed by atoms with Crippen LogP contribution in [-0.4, -0.2) is 48.2 Å². The van der Waals surface area contributed by atoms with Crippen molar-refractivity contribution in [3.63, 3.8) is 0 Å². The average molecular weight is 251 g/mol. The molecule has 7 nitrogen and oxygen atoms in total. The van der Waals surface area contributed by atoms with Gasteiger partial charge < -0.3 is 20.7 Å². The molecule has 0 bridgehead atoms. The molecule has 18 heavy (non-hydrogen) atoms. The van der Waals surface area contributed by atoms with Crippen LogP contribution >= 0.6 is 0 Å². The van der Waals surface area contributed by atoms with Gasteiger partial charge in [-0.25, -0.2) is 4.98 Å². The van der Waals surface area contributed by atoms with Gasteiger partial charge in [0, 0.05) is 19.3 Å². The van der Waals surface area contributed by atoms with Crippen LogP contribution in [0.1, 0.15) is 6.92 Å². The molecule has 1 aliphatic heterocycles. The molecule has 0 aliphatic carbocycles. The molecule has 1 aromatic heterocycles. The monoisotopic (exact) mass is 251 g/mol. The normalized spacial score (nSPS) is 17.3. The Kier molecular flexibility index (Phi) is 3.93. The van der Waals surface area contributed by atoms with Crippen molar-refractivity contribution >= 4 is 17.7 Å². The van der Waals surface area contributed by atoms with E-state index >= 15 is 0 Å². The zero-order valence-electron chi connectivity index (χ0n) is 10.3. The van der Waals surface area contributed by atoms with Crippen LogP contribution in [0.3, 0.4) is 0 Å². The number of amides is 1. The summed E-state index contributed by atoms with van der Waals surface area (Å²) >= 11 is 0. The lowest BCUT2D eigenvalue weighted by Gasteiger charge is -2.27. The van der Waals surface area contributed by atoms with Crippen LogP contribution < -0.4 is 16.0 Å². The molecule has 0 unspecified atom stereocenters. The topological polar surface area (TPSA) is 93.4 Å². The van der Waals surface area contributed by atoms with Crippen LogP contribution in [0.15, 0.2) is 12.3 Å². The summed E-state index contributed by atoms with van der Waals surface area (Å²) in [4.78, 5) is 21.6. The fourth-order valence-electron chi connectivity index (χ4n) is 1.64. The van der Waals surface area contributed by atoms with Gasteiger partial charge in [-0.3, -0.25) is 4.79 Å². The first-order chi connectivity index (χ1) is 8.66. The van der Waals surface area contributed by atoms with Crippen molar-refractivity contribution < 1.29 is 9.53 Å². The second kappa shape index (κ2) is 5.63. The Balaban J connectivity index is 2.06. The molecule has 1 aromatic rings. The number of aromatic nitrogens is 2. The molecule has 98 valence electrons. The molecule has 0 saturated carbocycles. The number of carbonyl (C=O) groups excluding carboxylic acids is 1. The lowest BCUT2D eigenvalue weighted by Crippen LogP contribution is -2.37. The van der Waals surface area contributed by atoms with Crippen molar-refractivity contribution in [3.8, 4) is 0 Å². The maximum atomic E-state index is 11.0. The lowest BCUT2D eigenvalue weighted by molar-refractivity contribution is -0.118. The minimum Gasteiger partial charge on any atom is -0.378 e. The Bertz CT molecular complexity index is 420. The molecule has 1 amide bonds. The predicted molar refractivity (Wildman–Crippen MR) is 67.3 cm³/mol. The summed E-state index contributed by atoms with van der Waals surface area (Å²) in [5.41, 5.74) is 5.19. The second-order valence-electron chi connectivity index (χ2n) is 4.11. The highest BCUT2D eigenvalue weighted by molar-refractivity contribution is 5.82. The smallest absolute Gasteiger partial charge is 0.239 e. The van der Waals surface area contributed by atoms with Gasteiger partial charge in [-0.05, 0) is 13.0 Å². The minimum absolute atomic E-state index is 0.415. The van der Waals surface area contributed by atoms with Crippen molar-refractivity contribution in [1.82, 2.24) is 9.97 Å². The van der Waals surface area contributed by atoms with Crippen LogP contribution in [0, 0.1) is 0 Å². The molecule has 7 heteroatoms. The van der Waals surface area contributed by atoms with Gasteiger partial charge in [0.25, 0.3) is 0 Å². The van der Waals surface area contributed by atoms with Gasteiger partial charge in [-0.2, -0.15) is 4.98 Å². The van der Waals surface area contributed by atoms with Crippen molar-refractivity contribution in [2.75, 3.05) is 36.5 Å². The van der Waals surface area contributed by atoms with E-state index in [2.05, 4.69) is 15.3 Å². The summed E-state index contributed by atoms with van der Waals surface area (Å²) in [6, 6.07) is 1.25. The van der Waals surface area contributed by atoms with Crippen molar-refractivity contribution in [2.24, 2.45) is 5.73 Å². The van der Waals surface area contributed by atoms with Gasteiger partial charge in [0.05, 0.1) is 13.2 Å². The van der Waals surface area contributed by atoms with Gasteiger partial charge in [-0.1, -0.05) is 0 Å². The number of anilines is 2. The van der Waals surface area contributed by atoms with Crippen LogP contribution in [0.4, 0.5) is 11.8 Å². The number of morpholine rings is 1. The zero-order chi connectivity index (χ0) is 13.0. The van der Waals surface area contributed by atoms with Crippen LogP contribution in [0.2, 0.25) is 0 Å². The van der Waals surface area contributed by atoms with Gasteiger partial charge in [0.15, 0.2) is 0 Å². The summed E-state index contributed by atoms with van der Waals surface area (Å²) in [6.07, 6.45) is 1.66. The minimum atomic E-state index is -0.461. The highest BCUT2D eigenvalue weighted by atomic mass is 16.5. The predicted octanol–water partition coefficient (Wildman–Crippen LogP) is -0.401. The molecule has 0 aromatic carbocycles. The first kappa shape index (κ1) is 12.6. The molecular weight excluding hydrogens is 234 g/mol. The van der Waals surface area contributed by atoms with E-state index in [-0.39, 0.29) is 0 Å². The number of hydrogen-bond donors (Lipinski definition) is 2. The number of nitrogens with zero attached hydrogens (tertiary/aromatic N) is 3. The van der Waals surface area contributed by atoms with Gasteiger partial charge in [0.1, 0.15) is 11.9 Å².